The fourth-order valence-electron chi connectivity index (χ4n) is 2.98. The number of nitrogens with one attached hydrogen (secondary N) is 1. The lowest BCUT2D eigenvalue weighted by atomic mass is 9.99. The number of nitrogen functional groups attached to an aromatic ring is 1. The summed E-state index contributed by atoms with van der Waals surface area (Å²) in [4.78, 5) is 22.5. The third-order valence-corrected chi connectivity index (χ3v) is 4.00. The summed E-state index contributed by atoms with van der Waals surface area (Å²) in [5.41, 5.74) is 7.10. The second-order valence-corrected chi connectivity index (χ2v) is 5.15. The van der Waals surface area contributed by atoms with Crippen molar-refractivity contribution in [1.82, 2.24) is 19.5 Å². The molecule has 20 heavy (non-hydrogen) atoms. The summed E-state index contributed by atoms with van der Waals surface area (Å²) in [5, 5.41) is 9.07. The Morgan fingerprint density at radius 3 is 3.10 bits per heavy atom. The van der Waals surface area contributed by atoms with Crippen LogP contribution in [0.4, 0.5) is 5.95 Å². The molecule has 1 saturated carbocycles. The van der Waals surface area contributed by atoms with E-state index in [2.05, 4.69) is 21.5 Å². The minimum Gasteiger partial charge on any atom is -0.396 e. The fraction of sp³-hybridized carbons (Fsp3) is 0.462. The van der Waals surface area contributed by atoms with Crippen LogP contribution < -0.4 is 11.3 Å². The van der Waals surface area contributed by atoms with Crippen molar-refractivity contribution in [2.45, 2.75) is 25.3 Å². The van der Waals surface area contributed by atoms with Crippen LogP contribution in [0.5, 0.6) is 0 Å². The predicted octanol–water partition coefficient (Wildman–Crippen LogP) is 0.591. The van der Waals surface area contributed by atoms with Gasteiger partial charge in [-0.15, -0.1) is 0 Å². The monoisotopic (exact) mass is 275 g/mol. The van der Waals surface area contributed by atoms with E-state index in [-0.39, 0.29) is 29.7 Å². The van der Waals surface area contributed by atoms with E-state index in [1.54, 1.807) is 6.33 Å². The summed E-state index contributed by atoms with van der Waals surface area (Å²) in [5.74, 6) is 0.390. The van der Waals surface area contributed by atoms with E-state index in [9.17, 15) is 4.79 Å². The van der Waals surface area contributed by atoms with Crippen molar-refractivity contribution < 1.29 is 5.11 Å². The molecule has 0 radical (unpaired) electrons. The van der Waals surface area contributed by atoms with Gasteiger partial charge in [-0.1, -0.05) is 12.2 Å². The van der Waals surface area contributed by atoms with E-state index in [4.69, 9.17) is 10.8 Å². The number of hydrogen-bond donors (Lipinski definition) is 3. The molecule has 0 amide bonds. The predicted molar refractivity (Wildman–Crippen MR) is 75.2 cm³/mol. The molecule has 2 atom stereocenters. The average molecular weight is 275 g/mol. The number of anilines is 1. The molecule has 7 heteroatoms. The van der Waals surface area contributed by atoms with Gasteiger partial charge in [0, 0.05) is 6.61 Å². The summed E-state index contributed by atoms with van der Waals surface area (Å²) in [6, 6.07) is 0.0604. The maximum absolute atomic E-state index is 11.8. The van der Waals surface area contributed by atoms with Crippen molar-refractivity contribution in [2.24, 2.45) is 5.92 Å². The molecule has 1 aliphatic carbocycles. The van der Waals surface area contributed by atoms with Crippen molar-refractivity contribution in [3.63, 3.8) is 0 Å². The Balaban J connectivity index is 2.04. The first kappa shape index (κ1) is 12.9. The van der Waals surface area contributed by atoms with Gasteiger partial charge in [-0.05, 0) is 25.2 Å². The van der Waals surface area contributed by atoms with Crippen molar-refractivity contribution in [3.05, 3.63) is 28.8 Å². The van der Waals surface area contributed by atoms with Gasteiger partial charge in [0.1, 0.15) is 0 Å². The Labute approximate surface area is 115 Å². The number of nitrogens with two attached hydrogens (primary N) is 1. The summed E-state index contributed by atoms with van der Waals surface area (Å²) in [6.07, 6.45) is 4.22. The highest BCUT2D eigenvalue weighted by Crippen LogP contribution is 2.41. The van der Waals surface area contributed by atoms with Gasteiger partial charge in [-0.2, -0.15) is 4.98 Å². The molecule has 0 aromatic carbocycles. The van der Waals surface area contributed by atoms with Crippen LogP contribution in [0.25, 0.3) is 11.2 Å². The number of rotatable bonds is 3. The zero-order valence-corrected chi connectivity index (χ0v) is 11.0. The number of imidazole rings is 1. The number of fused-ring (bicyclic) bond motifs is 1. The van der Waals surface area contributed by atoms with E-state index in [1.807, 2.05) is 4.57 Å². The summed E-state index contributed by atoms with van der Waals surface area (Å²) in [6.45, 7) is 4.30. The number of hydrogen-bond acceptors (Lipinski definition) is 5. The third kappa shape index (κ3) is 1.90. The molecule has 2 aromatic heterocycles. The first-order valence-corrected chi connectivity index (χ1v) is 6.63. The second-order valence-electron chi connectivity index (χ2n) is 5.15. The van der Waals surface area contributed by atoms with Crippen LogP contribution in [0, 0.1) is 5.92 Å². The van der Waals surface area contributed by atoms with Crippen LogP contribution in [-0.2, 0) is 0 Å². The van der Waals surface area contributed by atoms with Gasteiger partial charge in [0.15, 0.2) is 11.2 Å². The normalized spacial score (nSPS) is 22.8. The van der Waals surface area contributed by atoms with Crippen LogP contribution in [0.15, 0.2) is 23.3 Å². The lowest BCUT2D eigenvalue weighted by molar-refractivity contribution is 0.268. The first-order chi connectivity index (χ1) is 9.61. The molecular weight excluding hydrogens is 258 g/mol. The number of aliphatic hydroxyl groups is 1. The Bertz CT molecular complexity index is 717. The van der Waals surface area contributed by atoms with E-state index in [0.29, 0.717) is 11.6 Å². The number of aromatic amines is 1. The second kappa shape index (κ2) is 4.75. The zero-order valence-electron chi connectivity index (χ0n) is 11.0. The van der Waals surface area contributed by atoms with Gasteiger partial charge >= 0.3 is 0 Å². The first-order valence-electron chi connectivity index (χ1n) is 6.63. The quantitative estimate of drug-likeness (QED) is 0.710. The summed E-state index contributed by atoms with van der Waals surface area (Å²) < 4.78 is 1.86. The van der Waals surface area contributed by atoms with Crippen LogP contribution in [-0.4, -0.2) is 31.2 Å². The highest BCUT2D eigenvalue weighted by Gasteiger charge is 2.31. The van der Waals surface area contributed by atoms with Crippen molar-refractivity contribution in [2.75, 3.05) is 12.3 Å². The van der Waals surface area contributed by atoms with Crippen molar-refractivity contribution >= 4 is 17.1 Å². The highest BCUT2D eigenvalue weighted by atomic mass is 16.3. The smallest absolute Gasteiger partial charge is 0.280 e. The standard InChI is InChI=1S/C13H17N5O2/c1-7-8(4-5-19)2-3-9(7)18-6-15-10-11(18)16-13(14)17-12(10)20/h6,8-9,19H,1-5H2,(H3,14,16,17,20)/t8-,9-/m0/s1. The Morgan fingerprint density at radius 2 is 2.35 bits per heavy atom. The van der Waals surface area contributed by atoms with E-state index in [1.165, 1.54) is 0 Å². The minimum absolute atomic E-state index is 0.0604. The lowest BCUT2D eigenvalue weighted by Gasteiger charge is -2.16. The van der Waals surface area contributed by atoms with Gasteiger partial charge in [0.25, 0.3) is 5.56 Å². The Hall–Kier alpha value is -2.15. The lowest BCUT2D eigenvalue weighted by Crippen LogP contribution is -2.14. The number of aromatic nitrogens is 4. The van der Waals surface area contributed by atoms with Crippen molar-refractivity contribution in [1.29, 1.82) is 0 Å². The Morgan fingerprint density at radius 1 is 1.55 bits per heavy atom. The molecule has 7 nitrogen and oxygen atoms in total. The number of allylic oxidation sites excluding steroid dienone is 1. The minimum atomic E-state index is -0.332. The van der Waals surface area contributed by atoms with Crippen LogP contribution in [0.1, 0.15) is 25.3 Å². The molecule has 4 N–H and O–H groups in total. The topological polar surface area (TPSA) is 110 Å². The van der Waals surface area contributed by atoms with Gasteiger partial charge in [-0.3, -0.25) is 9.78 Å². The van der Waals surface area contributed by atoms with E-state index >= 15 is 0 Å². The molecule has 0 spiro atoms. The SMILES string of the molecule is C=C1[C@H](CCO)CC[C@@H]1n1cnc2c(=O)[nH]c(N)nc21. The molecular formula is C13H17N5O2. The molecule has 0 aliphatic heterocycles. The Kier molecular flexibility index (Phi) is 3.06. The molecule has 1 aliphatic rings. The van der Waals surface area contributed by atoms with Crippen LogP contribution in [0.2, 0.25) is 0 Å². The molecule has 0 bridgehead atoms. The van der Waals surface area contributed by atoms with Crippen LogP contribution in [0.3, 0.4) is 0 Å². The highest BCUT2D eigenvalue weighted by molar-refractivity contribution is 5.70. The van der Waals surface area contributed by atoms with E-state index < -0.39 is 0 Å². The molecule has 3 rings (SSSR count). The van der Waals surface area contributed by atoms with Crippen LogP contribution >= 0.6 is 0 Å². The van der Waals surface area contributed by atoms with E-state index in [0.717, 1.165) is 24.8 Å². The number of nitrogens with zero attached hydrogens (tertiary/aromatic N) is 3. The summed E-state index contributed by atoms with van der Waals surface area (Å²) in [7, 11) is 0. The zero-order chi connectivity index (χ0) is 14.3. The van der Waals surface area contributed by atoms with Gasteiger partial charge in [0.05, 0.1) is 12.4 Å². The maximum atomic E-state index is 11.8. The number of aliphatic hydroxyl groups excluding tert-OH is 1. The molecule has 0 saturated heterocycles. The molecule has 0 unspecified atom stereocenters. The van der Waals surface area contributed by atoms with Crippen molar-refractivity contribution in [3.8, 4) is 0 Å². The van der Waals surface area contributed by atoms with Gasteiger partial charge in [-0.25, -0.2) is 4.98 Å². The molecule has 2 heterocycles. The molecule has 106 valence electrons. The summed E-state index contributed by atoms with van der Waals surface area (Å²) >= 11 is 0. The maximum Gasteiger partial charge on any atom is 0.280 e. The third-order valence-electron chi connectivity index (χ3n) is 4.00. The number of H-pyrrole nitrogens is 1. The molecule has 1 fully saturated rings. The largest absolute Gasteiger partial charge is 0.396 e. The average Bonchev–Trinajstić information content (AvgIpc) is 2.95. The molecule has 2 aromatic rings. The van der Waals surface area contributed by atoms with Gasteiger partial charge in [0.2, 0.25) is 5.95 Å². The van der Waals surface area contributed by atoms with Gasteiger partial charge < -0.3 is 15.4 Å². The fourth-order valence-corrected chi connectivity index (χ4v) is 2.98.